The molecule has 7 heteroatoms. The highest BCUT2D eigenvalue weighted by molar-refractivity contribution is 8.00. The Morgan fingerprint density at radius 2 is 2.00 bits per heavy atom. The number of morpholine rings is 1. The number of fused-ring (bicyclic) bond motifs is 1. The quantitative estimate of drug-likeness (QED) is 0.585. The third-order valence-corrected chi connectivity index (χ3v) is 6.35. The summed E-state index contributed by atoms with van der Waals surface area (Å²) in [6, 6.07) is 0.524. The van der Waals surface area contributed by atoms with Crippen molar-refractivity contribution in [3.63, 3.8) is 0 Å². The molecule has 3 aliphatic heterocycles. The van der Waals surface area contributed by atoms with Crippen molar-refractivity contribution in [1.82, 2.24) is 15.5 Å². The molecule has 3 heterocycles. The molecule has 0 bridgehead atoms. The van der Waals surface area contributed by atoms with Gasteiger partial charge in [0.2, 0.25) is 5.91 Å². The first-order valence-electron chi connectivity index (χ1n) is 8.65. The van der Waals surface area contributed by atoms with Crippen LogP contribution in [0.25, 0.3) is 0 Å². The Labute approximate surface area is 142 Å². The van der Waals surface area contributed by atoms with Crippen molar-refractivity contribution in [2.75, 3.05) is 18.8 Å². The highest BCUT2D eigenvalue weighted by Gasteiger charge is 2.42. The van der Waals surface area contributed by atoms with Gasteiger partial charge in [0.05, 0.1) is 24.3 Å². The lowest BCUT2D eigenvalue weighted by molar-refractivity contribution is -0.143. The second-order valence-electron chi connectivity index (χ2n) is 6.92. The summed E-state index contributed by atoms with van der Waals surface area (Å²) in [6.45, 7) is 5.47. The van der Waals surface area contributed by atoms with Crippen molar-refractivity contribution in [3.05, 3.63) is 0 Å². The van der Waals surface area contributed by atoms with Gasteiger partial charge in [-0.3, -0.25) is 4.79 Å². The number of hydrogen-bond donors (Lipinski definition) is 2. The zero-order chi connectivity index (χ0) is 16.4. The van der Waals surface area contributed by atoms with Gasteiger partial charge in [0.25, 0.3) is 0 Å². The van der Waals surface area contributed by atoms with Gasteiger partial charge in [-0.1, -0.05) is 6.42 Å². The number of nitrogens with one attached hydrogen (secondary N) is 2. The van der Waals surface area contributed by atoms with Crippen LogP contribution in [-0.2, 0) is 9.53 Å². The Balaban J connectivity index is 1.35. The molecule has 0 spiro atoms. The fourth-order valence-corrected chi connectivity index (χ4v) is 5.35. The maximum absolute atomic E-state index is 12.3. The highest BCUT2D eigenvalue weighted by atomic mass is 32.2. The van der Waals surface area contributed by atoms with E-state index >= 15 is 0 Å². The van der Waals surface area contributed by atoms with E-state index in [1.165, 1.54) is 0 Å². The van der Waals surface area contributed by atoms with Gasteiger partial charge < -0.3 is 20.3 Å². The van der Waals surface area contributed by atoms with Crippen molar-refractivity contribution in [1.29, 1.82) is 0 Å². The van der Waals surface area contributed by atoms with Crippen LogP contribution in [0.2, 0.25) is 0 Å². The molecule has 3 aliphatic rings. The number of nitrogens with zero attached hydrogens (tertiary/aromatic N) is 1. The number of hydrogen-bond acceptors (Lipinski definition) is 4. The van der Waals surface area contributed by atoms with E-state index in [1.54, 1.807) is 0 Å². The van der Waals surface area contributed by atoms with Gasteiger partial charge in [-0.05, 0) is 26.7 Å². The zero-order valence-corrected chi connectivity index (χ0v) is 14.7. The second kappa shape index (κ2) is 7.30. The van der Waals surface area contributed by atoms with Crippen LogP contribution >= 0.6 is 11.8 Å². The van der Waals surface area contributed by atoms with E-state index < -0.39 is 0 Å². The lowest BCUT2D eigenvalue weighted by Crippen LogP contribution is -2.48. The van der Waals surface area contributed by atoms with Crippen molar-refractivity contribution < 1.29 is 14.3 Å². The lowest BCUT2D eigenvalue weighted by atomic mass is 10.0. The molecule has 0 aromatic rings. The summed E-state index contributed by atoms with van der Waals surface area (Å²) in [5, 5.41) is 6.46. The van der Waals surface area contributed by atoms with Gasteiger partial charge in [-0.2, -0.15) is 11.8 Å². The van der Waals surface area contributed by atoms with Crippen LogP contribution in [0.15, 0.2) is 0 Å². The predicted octanol–water partition coefficient (Wildman–Crippen LogP) is 1.35. The van der Waals surface area contributed by atoms with Crippen LogP contribution < -0.4 is 10.6 Å². The molecule has 3 fully saturated rings. The highest BCUT2D eigenvalue weighted by Crippen LogP contribution is 2.33. The Hall–Kier alpha value is -0.950. The van der Waals surface area contributed by atoms with E-state index in [1.807, 2.05) is 30.5 Å². The summed E-state index contributed by atoms with van der Waals surface area (Å²) in [5.74, 6) is 1.25. The van der Waals surface area contributed by atoms with E-state index in [0.29, 0.717) is 24.8 Å². The summed E-state index contributed by atoms with van der Waals surface area (Å²) >= 11 is 1.93. The van der Waals surface area contributed by atoms with Gasteiger partial charge >= 0.3 is 6.03 Å². The Kier molecular flexibility index (Phi) is 5.36. The molecule has 5 atom stereocenters. The average molecular weight is 341 g/mol. The predicted molar refractivity (Wildman–Crippen MR) is 90.5 cm³/mol. The van der Waals surface area contributed by atoms with Gasteiger partial charge in [-0.15, -0.1) is 0 Å². The van der Waals surface area contributed by atoms with Crippen molar-refractivity contribution in [2.24, 2.45) is 0 Å². The molecule has 0 aromatic carbocycles. The topological polar surface area (TPSA) is 70.7 Å². The molecule has 130 valence electrons. The van der Waals surface area contributed by atoms with Crippen LogP contribution in [-0.4, -0.2) is 65.2 Å². The van der Waals surface area contributed by atoms with Crippen LogP contribution in [0.3, 0.4) is 0 Å². The minimum atomic E-state index is -0.0314. The summed E-state index contributed by atoms with van der Waals surface area (Å²) in [5.41, 5.74) is 0. The van der Waals surface area contributed by atoms with Gasteiger partial charge in [0.1, 0.15) is 0 Å². The maximum atomic E-state index is 12.3. The Morgan fingerprint density at radius 3 is 2.74 bits per heavy atom. The van der Waals surface area contributed by atoms with Crippen molar-refractivity contribution >= 4 is 23.7 Å². The maximum Gasteiger partial charge on any atom is 0.315 e. The molecule has 2 N–H and O–H groups in total. The molecule has 0 aliphatic carbocycles. The number of urea groups is 1. The molecule has 0 aromatic heterocycles. The number of amides is 3. The number of carbonyl (C=O) groups excluding carboxylic acids is 2. The van der Waals surface area contributed by atoms with E-state index in [2.05, 4.69) is 10.6 Å². The molecular formula is C16H27N3O3S. The van der Waals surface area contributed by atoms with Crippen LogP contribution in [0, 0.1) is 0 Å². The number of rotatable bonds is 5. The number of unbranched alkanes of at least 4 members (excludes halogenated alkanes) is 1. The van der Waals surface area contributed by atoms with E-state index in [-0.39, 0.29) is 36.2 Å². The molecular weight excluding hydrogens is 314 g/mol. The second-order valence-corrected chi connectivity index (χ2v) is 8.20. The van der Waals surface area contributed by atoms with E-state index in [9.17, 15) is 9.59 Å². The SMILES string of the molecule is C[C@@H]1CN(C(=O)CCCC[C@@H]2SC[C@@H]3NC(=O)N[C@@H]32)C[C@H](C)O1. The van der Waals surface area contributed by atoms with E-state index in [4.69, 9.17) is 4.74 Å². The standard InChI is InChI=1S/C16H27N3O3S/c1-10-7-19(8-11(2)22-10)14(20)6-4-3-5-13-15-12(9-23-13)17-16(21)18-15/h10-13,15H,3-9H2,1-2H3,(H2,17,18,21)/t10-,11+,12-,13-,15-/m0/s1. The summed E-state index contributed by atoms with van der Waals surface area (Å²) < 4.78 is 5.67. The average Bonchev–Trinajstić information content (AvgIpc) is 3.02. The van der Waals surface area contributed by atoms with Gasteiger partial charge in [0.15, 0.2) is 0 Å². The Bertz CT molecular complexity index is 452. The monoisotopic (exact) mass is 341 g/mol. The minimum Gasteiger partial charge on any atom is -0.372 e. The Morgan fingerprint density at radius 1 is 1.26 bits per heavy atom. The molecule has 0 saturated carbocycles. The first-order chi connectivity index (χ1) is 11.0. The molecule has 6 nitrogen and oxygen atoms in total. The summed E-state index contributed by atoms with van der Waals surface area (Å²) in [4.78, 5) is 25.6. The first-order valence-corrected chi connectivity index (χ1v) is 9.69. The molecule has 23 heavy (non-hydrogen) atoms. The fraction of sp³-hybridized carbons (Fsp3) is 0.875. The summed E-state index contributed by atoms with van der Waals surface area (Å²) in [7, 11) is 0. The summed E-state index contributed by atoms with van der Waals surface area (Å²) in [6.07, 6.45) is 3.92. The normalized spacial score (nSPS) is 36.5. The third-order valence-electron chi connectivity index (χ3n) is 4.84. The fourth-order valence-electron chi connectivity index (χ4n) is 3.80. The first kappa shape index (κ1) is 16.9. The molecule has 3 saturated heterocycles. The van der Waals surface area contributed by atoms with Crippen LogP contribution in [0.4, 0.5) is 4.79 Å². The van der Waals surface area contributed by atoms with Crippen molar-refractivity contribution in [3.8, 4) is 0 Å². The third kappa shape index (κ3) is 4.12. The molecule has 0 radical (unpaired) electrons. The van der Waals surface area contributed by atoms with Crippen LogP contribution in [0.1, 0.15) is 39.5 Å². The number of ether oxygens (including phenoxy) is 1. The van der Waals surface area contributed by atoms with Gasteiger partial charge in [0, 0.05) is 30.5 Å². The lowest BCUT2D eigenvalue weighted by Gasteiger charge is -2.35. The number of carbonyl (C=O) groups is 2. The van der Waals surface area contributed by atoms with Crippen molar-refractivity contribution in [2.45, 2.75) is 69.1 Å². The van der Waals surface area contributed by atoms with Gasteiger partial charge in [-0.25, -0.2) is 4.79 Å². The van der Waals surface area contributed by atoms with E-state index in [0.717, 1.165) is 25.0 Å². The molecule has 3 amide bonds. The largest absolute Gasteiger partial charge is 0.372 e. The molecule has 3 rings (SSSR count). The number of thioether (sulfide) groups is 1. The minimum absolute atomic E-state index is 0.0314. The zero-order valence-electron chi connectivity index (χ0n) is 13.9. The molecule has 0 unspecified atom stereocenters. The smallest absolute Gasteiger partial charge is 0.315 e. The van der Waals surface area contributed by atoms with Crippen LogP contribution in [0.5, 0.6) is 0 Å².